The highest BCUT2D eigenvalue weighted by atomic mass is 19.1. The number of amides is 1. The molecule has 1 aliphatic rings. The zero-order valence-electron chi connectivity index (χ0n) is 15.3. The molecule has 1 aliphatic heterocycles. The molecule has 1 saturated heterocycles. The lowest BCUT2D eigenvalue weighted by atomic mass is 9.96. The van der Waals surface area contributed by atoms with Crippen LogP contribution in [0.5, 0.6) is 0 Å². The number of pyridine rings is 1. The van der Waals surface area contributed by atoms with Crippen LogP contribution in [0, 0.1) is 5.82 Å². The molecule has 3 aromatic rings. The summed E-state index contributed by atoms with van der Waals surface area (Å²) < 4.78 is 20.2. The van der Waals surface area contributed by atoms with Gasteiger partial charge in [0.1, 0.15) is 11.4 Å². The van der Waals surface area contributed by atoms with Crippen molar-refractivity contribution in [2.75, 3.05) is 13.1 Å². The normalized spacial score (nSPS) is 15.0. The van der Waals surface area contributed by atoms with Crippen LogP contribution in [0.1, 0.15) is 35.0 Å². The molecular formula is C20H19FN4O3. The molecule has 0 radical (unpaired) electrons. The maximum absolute atomic E-state index is 13.1. The molecule has 144 valence electrons. The maximum Gasteiger partial charge on any atom is 0.263 e. The molecule has 0 unspecified atom stereocenters. The van der Waals surface area contributed by atoms with Crippen molar-refractivity contribution in [2.24, 2.45) is 7.05 Å². The number of carbonyl (C=O) groups excluding carboxylic acids is 1. The molecule has 8 heteroatoms. The Balaban J connectivity index is 1.43. The van der Waals surface area contributed by atoms with Gasteiger partial charge < -0.3 is 13.9 Å². The summed E-state index contributed by atoms with van der Waals surface area (Å²) in [4.78, 5) is 26.5. The molecule has 0 N–H and O–H groups in total. The Kier molecular flexibility index (Phi) is 4.77. The molecule has 7 nitrogen and oxygen atoms in total. The Morgan fingerprint density at radius 1 is 1.14 bits per heavy atom. The van der Waals surface area contributed by atoms with Crippen LogP contribution < -0.4 is 5.56 Å². The Hall–Kier alpha value is -3.29. The molecule has 4 rings (SSSR count). The van der Waals surface area contributed by atoms with Crippen molar-refractivity contribution in [3.8, 4) is 11.5 Å². The number of carbonyl (C=O) groups is 1. The van der Waals surface area contributed by atoms with Gasteiger partial charge in [0.25, 0.3) is 11.5 Å². The first kappa shape index (κ1) is 18.1. The highest BCUT2D eigenvalue weighted by Gasteiger charge is 2.29. The second-order valence-corrected chi connectivity index (χ2v) is 6.86. The van der Waals surface area contributed by atoms with Gasteiger partial charge in [0.15, 0.2) is 0 Å². The van der Waals surface area contributed by atoms with Crippen molar-refractivity contribution in [3.05, 3.63) is 70.2 Å². The quantitative estimate of drug-likeness (QED) is 0.696. The molecule has 0 atom stereocenters. The molecule has 0 bridgehead atoms. The molecule has 2 aromatic heterocycles. The molecule has 0 saturated carbocycles. The van der Waals surface area contributed by atoms with E-state index in [2.05, 4.69) is 10.2 Å². The number of halogens is 1. The molecule has 28 heavy (non-hydrogen) atoms. The molecule has 1 aromatic carbocycles. The second-order valence-electron chi connectivity index (χ2n) is 6.86. The largest absolute Gasteiger partial charge is 0.420 e. The van der Waals surface area contributed by atoms with E-state index in [-0.39, 0.29) is 28.8 Å². The summed E-state index contributed by atoms with van der Waals surface area (Å²) in [5.74, 6) is 0.332. The summed E-state index contributed by atoms with van der Waals surface area (Å²) in [5.41, 5.74) is 0.544. The highest BCUT2D eigenvalue weighted by Crippen LogP contribution is 2.29. The van der Waals surface area contributed by atoms with E-state index in [1.54, 1.807) is 42.4 Å². The molecule has 1 amide bonds. The third-order valence-electron chi connectivity index (χ3n) is 5.02. The number of likely N-dealkylation sites (tertiary alicyclic amines) is 1. The van der Waals surface area contributed by atoms with Gasteiger partial charge in [0, 0.05) is 37.8 Å². The minimum Gasteiger partial charge on any atom is -0.420 e. The predicted octanol–water partition coefficient (Wildman–Crippen LogP) is 2.59. The van der Waals surface area contributed by atoms with Crippen molar-refractivity contribution in [2.45, 2.75) is 18.8 Å². The minimum atomic E-state index is -0.325. The van der Waals surface area contributed by atoms with Crippen LogP contribution in [0.15, 0.2) is 51.8 Å². The monoisotopic (exact) mass is 382 g/mol. The van der Waals surface area contributed by atoms with Gasteiger partial charge in [-0.3, -0.25) is 9.59 Å². The Labute approximate surface area is 160 Å². The molecule has 3 heterocycles. The van der Waals surface area contributed by atoms with Gasteiger partial charge in [-0.2, -0.15) is 0 Å². The van der Waals surface area contributed by atoms with Gasteiger partial charge in [-0.1, -0.05) is 0 Å². The number of hydrogen-bond acceptors (Lipinski definition) is 5. The van der Waals surface area contributed by atoms with E-state index in [0.29, 0.717) is 43.3 Å². The van der Waals surface area contributed by atoms with Gasteiger partial charge in [0.2, 0.25) is 11.8 Å². The summed E-state index contributed by atoms with van der Waals surface area (Å²) in [5, 5.41) is 8.18. The standard InChI is InChI=1S/C20H19FN4O3/c1-24-10-2-3-16(19(24)26)20(27)25-11-8-14(9-12-25)18-23-22-17(28-18)13-4-6-15(21)7-5-13/h2-7,10,14H,8-9,11-12H2,1H3. The van der Waals surface area contributed by atoms with Gasteiger partial charge >= 0.3 is 0 Å². The number of piperidine rings is 1. The SMILES string of the molecule is Cn1cccc(C(=O)N2CCC(c3nnc(-c4ccc(F)cc4)o3)CC2)c1=O. The molecular weight excluding hydrogens is 363 g/mol. The van der Waals surface area contributed by atoms with Crippen LogP contribution in [0.3, 0.4) is 0 Å². The van der Waals surface area contributed by atoms with Crippen LogP contribution in [0.2, 0.25) is 0 Å². The number of hydrogen-bond donors (Lipinski definition) is 0. The summed E-state index contributed by atoms with van der Waals surface area (Å²) in [6.45, 7) is 1.02. The summed E-state index contributed by atoms with van der Waals surface area (Å²) in [7, 11) is 1.62. The zero-order chi connectivity index (χ0) is 19.7. The fourth-order valence-corrected chi connectivity index (χ4v) is 3.37. The zero-order valence-corrected chi connectivity index (χ0v) is 15.3. The van der Waals surface area contributed by atoms with E-state index in [1.165, 1.54) is 16.7 Å². The maximum atomic E-state index is 13.1. The van der Waals surface area contributed by atoms with Gasteiger partial charge in [0.05, 0.1) is 0 Å². The fraction of sp³-hybridized carbons (Fsp3) is 0.300. The third-order valence-corrected chi connectivity index (χ3v) is 5.02. The van der Waals surface area contributed by atoms with Crippen molar-refractivity contribution in [1.82, 2.24) is 19.7 Å². The highest BCUT2D eigenvalue weighted by molar-refractivity contribution is 5.93. The van der Waals surface area contributed by atoms with Crippen LogP contribution in [-0.4, -0.2) is 38.7 Å². The number of aryl methyl sites for hydroxylation is 1. The first-order valence-electron chi connectivity index (χ1n) is 9.07. The topological polar surface area (TPSA) is 81.2 Å². The van der Waals surface area contributed by atoms with Crippen LogP contribution in [-0.2, 0) is 7.05 Å². The molecule has 0 aliphatic carbocycles. The Bertz CT molecular complexity index is 1050. The minimum absolute atomic E-state index is 0.0457. The summed E-state index contributed by atoms with van der Waals surface area (Å²) >= 11 is 0. The second kappa shape index (κ2) is 7.38. The van der Waals surface area contributed by atoms with E-state index in [9.17, 15) is 14.0 Å². The summed E-state index contributed by atoms with van der Waals surface area (Å²) in [6.07, 6.45) is 2.97. The number of aromatic nitrogens is 3. The summed E-state index contributed by atoms with van der Waals surface area (Å²) in [6, 6.07) is 9.12. The van der Waals surface area contributed by atoms with Gasteiger partial charge in [-0.15, -0.1) is 10.2 Å². The average Bonchev–Trinajstić information content (AvgIpc) is 3.20. The number of rotatable bonds is 3. The van der Waals surface area contributed by atoms with Crippen molar-refractivity contribution >= 4 is 5.91 Å². The predicted molar refractivity (Wildman–Crippen MR) is 99.3 cm³/mol. The van der Waals surface area contributed by atoms with E-state index in [1.807, 2.05) is 0 Å². The smallest absolute Gasteiger partial charge is 0.263 e. The third kappa shape index (κ3) is 3.45. The lowest BCUT2D eigenvalue weighted by Crippen LogP contribution is -2.40. The lowest BCUT2D eigenvalue weighted by Gasteiger charge is -2.30. The van der Waals surface area contributed by atoms with Crippen LogP contribution >= 0.6 is 0 Å². The van der Waals surface area contributed by atoms with Gasteiger partial charge in [-0.05, 0) is 49.2 Å². The van der Waals surface area contributed by atoms with E-state index < -0.39 is 0 Å². The fourth-order valence-electron chi connectivity index (χ4n) is 3.37. The number of benzene rings is 1. The molecule has 0 spiro atoms. The lowest BCUT2D eigenvalue weighted by molar-refractivity contribution is 0.0704. The van der Waals surface area contributed by atoms with Crippen molar-refractivity contribution in [1.29, 1.82) is 0 Å². The Morgan fingerprint density at radius 3 is 2.57 bits per heavy atom. The number of nitrogens with zero attached hydrogens (tertiary/aromatic N) is 4. The van der Waals surface area contributed by atoms with Crippen molar-refractivity contribution < 1.29 is 13.6 Å². The molecule has 1 fully saturated rings. The van der Waals surface area contributed by atoms with Gasteiger partial charge in [-0.25, -0.2) is 4.39 Å². The van der Waals surface area contributed by atoms with E-state index >= 15 is 0 Å². The Morgan fingerprint density at radius 2 is 1.86 bits per heavy atom. The first-order valence-corrected chi connectivity index (χ1v) is 9.07. The van der Waals surface area contributed by atoms with E-state index in [4.69, 9.17) is 4.42 Å². The van der Waals surface area contributed by atoms with Crippen LogP contribution in [0.4, 0.5) is 4.39 Å². The first-order chi connectivity index (χ1) is 13.5. The van der Waals surface area contributed by atoms with Crippen molar-refractivity contribution in [3.63, 3.8) is 0 Å². The average molecular weight is 382 g/mol. The van der Waals surface area contributed by atoms with Crippen LogP contribution in [0.25, 0.3) is 11.5 Å². The van der Waals surface area contributed by atoms with E-state index in [0.717, 1.165) is 0 Å².